The molecule has 2 aromatic rings. The normalized spacial score (nSPS) is 26.1. The second-order valence-corrected chi connectivity index (χ2v) is 11.0. The molecule has 5 rings (SSSR count). The van der Waals surface area contributed by atoms with Gasteiger partial charge in [-0.25, -0.2) is 26.3 Å². The maximum absolute atomic E-state index is 15.7. The van der Waals surface area contributed by atoms with Gasteiger partial charge in [0.05, 0.1) is 17.8 Å². The summed E-state index contributed by atoms with van der Waals surface area (Å²) in [5, 5.41) is 0. The van der Waals surface area contributed by atoms with Gasteiger partial charge >= 0.3 is 0 Å². The summed E-state index contributed by atoms with van der Waals surface area (Å²) in [6.45, 7) is 2.45. The van der Waals surface area contributed by atoms with Gasteiger partial charge in [0, 0.05) is 31.4 Å². The van der Waals surface area contributed by atoms with Gasteiger partial charge in [-0.2, -0.15) is 0 Å². The van der Waals surface area contributed by atoms with Crippen LogP contribution in [-0.4, -0.2) is 54.6 Å². The Labute approximate surface area is 196 Å². The number of nitrogens with zero attached hydrogens (tertiary/aromatic N) is 1. The minimum Gasteiger partial charge on any atom is -0.328 e. The van der Waals surface area contributed by atoms with Crippen molar-refractivity contribution >= 4 is 21.7 Å². The molecular formula is C24H25F3N2O4S. The highest BCUT2D eigenvalue weighted by molar-refractivity contribution is 7.89. The van der Waals surface area contributed by atoms with Crippen LogP contribution < -0.4 is 4.72 Å². The molecular weight excluding hydrogens is 469 g/mol. The van der Waals surface area contributed by atoms with Crippen molar-refractivity contribution in [2.75, 3.05) is 5.75 Å². The fourth-order valence-electron chi connectivity index (χ4n) is 4.97. The third-order valence-electron chi connectivity index (χ3n) is 6.69. The zero-order valence-corrected chi connectivity index (χ0v) is 19.5. The molecule has 2 aromatic carbocycles. The molecule has 3 fully saturated rings. The number of nitrogens with one attached hydrogen (secondary N) is 1. The fraction of sp³-hybridized carbons (Fsp3) is 0.417. The van der Waals surface area contributed by atoms with Crippen LogP contribution in [0.4, 0.5) is 13.2 Å². The number of benzene rings is 2. The molecule has 2 heterocycles. The Kier molecular flexibility index (Phi) is 6.32. The molecule has 0 spiro atoms. The summed E-state index contributed by atoms with van der Waals surface area (Å²) in [4.78, 5) is 25.9. The van der Waals surface area contributed by atoms with Crippen LogP contribution in [0.2, 0.25) is 0 Å². The highest BCUT2D eigenvalue weighted by Crippen LogP contribution is 2.50. The minimum atomic E-state index is -3.91. The van der Waals surface area contributed by atoms with Crippen LogP contribution in [0.15, 0.2) is 42.5 Å². The molecule has 2 aliphatic heterocycles. The quantitative estimate of drug-likeness (QED) is 0.600. The van der Waals surface area contributed by atoms with Crippen molar-refractivity contribution in [3.8, 4) is 11.1 Å². The number of ketones is 1. The van der Waals surface area contributed by atoms with E-state index < -0.39 is 57.1 Å². The number of halogens is 3. The molecule has 2 atom stereocenters. The molecule has 34 heavy (non-hydrogen) atoms. The van der Waals surface area contributed by atoms with Crippen molar-refractivity contribution in [2.24, 2.45) is 0 Å². The number of carbonyl (C=O) groups excluding carboxylic acids is 2. The van der Waals surface area contributed by atoms with E-state index in [1.165, 1.54) is 6.92 Å². The van der Waals surface area contributed by atoms with Gasteiger partial charge < -0.3 is 4.90 Å². The number of rotatable bonds is 7. The van der Waals surface area contributed by atoms with Gasteiger partial charge in [0.15, 0.2) is 0 Å². The number of hydrogen-bond donors (Lipinski definition) is 1. The van der Waals surface area contributed by atoms with E-state index in [2.05, 4.69) is 4.72 Å². The zero-order chi connectivity index (χ0) is 24.8. The van der Waals surface area contributed by atoms with E-state index in [1.807, 2.05) is 0 Å². The number of alkyl halides is 1. The van der Waals surface area contributed by atoms with Crippen molar-refractivity contribution in [3.63, 3.8) is 0 Å². The molecule has 10 heteroatoms. The van der Waals surface area contributed by atoms with Crippen LogP contribution >= 0.6 is 0 Å². The lowest BCUT2D eigenvalue weighted by Gasteiger charge is -2.60. The van der Waals surface area contributed by atoms with Gasteiger partial charge in [-0.1, -0.05) is 30.3 Å². The number of sulfonamides is 1. The lowest BCUT2D eigenvalue weighted by atomic mass is 9.64. The Morgan fingerprint density at radius 1 is 1.15 bits per heavy atom. The van der Waals surface area contributed by atoms with Gasteiger partial charge in [0.1, 0.15) is 17.3 Å². The Morgan fingerprint density at radius 2 is 1.79 bits per heavy atom. The molecule has 2 saturated heterocycles. The summed E-state index contributed by atoms with van der Waals surface area (Å²) in [6.07, 6.45) is -0.651. The maximum Gasteiger partial charge on any atom is 0.290 e. The predicted molar refractivity (Wildman–Crippen MR) is 120 cm³/mol. The minimum absolute atomic E-state index is 0.0123. The van der Waals surface area contributed by atoms with Gasteiger partial charge in [-0.15, -0.1) is 0 Å². The summed E-state index contributed by atoms with van der Waals surface area (Å²) in [7, 11) is -3.91. The maximum atomic E-state index is 15.7. The molecule has 1 aliphatic carbocycles. The van der Waals surface area contributed by atoms with Crippen LogP contribution in [-0.2, 0) is 26.0 Å². The SMILES string of the molecule is CCS(=O)(=O)NC1C(Cc2cc(F)cc(-c3ccccc3)c2F)N(C(=O)C(C)=O)C2CC1(F)C2. The van der Waals surface area contributed by atoms with Crippen molar-refractivity contribution in [1.29, 1.82) is 0 Å². The number of amides is 1. The van der Waals surface area contributed by atoms with Gasteiger partial charge in [-0.05, 0) is 36.6 Å². The van der Waals surface area contributed by atoms with Gasteiger partial charge in [0.2, 0.25) is 15.8 Å². The van der Waals surface area contributed by atoms with Crippen LogP contribution in [0.25, 0.3) is 11.1 Å². The van der Waals surface area contributed by atoms with E-state index in [4.69, 9.17) is 0 Å². The first-order chi connectivity index (χ1) is 16.0. The number of piperidine rings is 2. The number of carbonyl (C=O) groups is 2. The Balaban J connectivity index is 1.80. The van der Waals surface area contributed by atoms with Crippen molar-refractivity contribution < 1.29 is 31.2 Å². The van der Waals surface area contributed by atoms with Gasteiger partial charge in [-0.3, -0.25) is 9.59 Å². The Hall–Kier alpha value is -2.72. The largest absolute Gasteiger partial charge is 0.328 e. The van der Waals surface area contributed by atoms with Crippen molar-refractivity contribution in [3.05, 3.63) is 59.7 Å². The summed E-state index contributed by atoms with van der Waals surface area (Å²) in [5.41, 5.74) is -1.69. The van der Waals surface area contributed by atoms with Crippen molar-refractivity contribution in [2.45, 2.75) is 56.9 Å². The van der Waals surface area contributed by atoms with Crippen LogP contribution in [0.1, 0.15) is 32.3 Å². The van der Waals surface area contributed by atoms with Crippen LogP contribution in [0.3, 0.4) is 0 Å². The van der Waals surface area contributed by atoms with E-state index >= 15 is 8.78 Å². The third kappa shape index (κ3) is 4.36. The predicted octanol–water partition coefficient (Wildman–Crippen LogP) is 3.15. The first-order valence-electron chi connectivity index (χ1n) is 11.0. The molecule has 3 aliphatic rings. The van der Waals surface area contributed by atoms with E-state index in [9.17, 15) is 22.4 Å². The molecule has 1 N–H and O–H groups in total. The average molecular weight is 495 g/mol. The lowest BCUT2D eigenvalue weighted by molar-refractivity contribution is -0.170. The topological polar surface area (TPSA) is 83.6 Å². The molecule has 0 radical (unpaired) electrons. The monoisotopic (exact) mass is 494 g/mol. The van der Waals surface area contributed by atoms with Crippen LogP contribution in [0, 0.1) is 11.6 Å². The number of hydrogen-bond acceptors (Lipinski definition) is 4. The average Bonchev–Trinajstić information content (AvgIpc) is 2.77. The Bertz CT molecular complexity index is 1230. The van der Waals surface area contributed by atoms with E-state index in [0.29, 0.717) is 5.56 Å². The standard InChI is InChI=1S/C24H25F3N2O4S/c1-3-34(32,33)28-22-20(29(23(31)14(2)30)18-12-24(22,27)13-18)10-16-9-17(25)11-19(21(16)26)15-7-5-4-6-8-15/h4-9,11,18,20,22,28H,3,10,12-13H2,1-2H3. The first kappa shape index (κ1) is 24.4. The second kappa shape index (κ2) is 8.81. The molecule has 0 aromatic heterocycles. The van der Waals surface area contributed by atoms with Crippen LogP contribution in [0.5, 0.6) is 0 Å². The van der Waals surface area contributed by atoms with E-state index in [-0.39, 0.29) is 36.1 Å². The summed E-state index contributed by atoms with van der Waals surface area (Å²) < 4.78 is 72.8. The summed E-state index contributed by atoms with van der Waals surface area (Å²) >= 11 is 0. The zero-order valence-electron chi connectivity index (χ0n) is 18.7. The van der Waals surface area contributed by atoms with Crippen molar-refractivity contribution in [1.82, 2.24) is 9.62 Å². The molecule has 2 unspecified atom stereocenters. The Morgan fingerprint density at radius 3 is 2.38 bits per heavy atom. The first-order valence-corrected chi connectivity index (χ1v) is 12.7. The highest BCUT2D eigenvalue weighted by Gasteiger charge is 2.63. The van der Waals surface area contributed by atoms with E-state index in [1.54, 1.807) is 30.3 Å². The highest BCUT2D eigenvalue weighted by atomic mass is 32.2. The number of Topliss-reactive ketones (excluding diaryl/α,β-unsaturated/α-hetero) is 1. The molecule has 1 saturated carbocycles. The van der Waals surface area contributed by atoms with E-state index in [0.717, 1.165) is 24.0 Å². The second-order valence-electron chi connectivity index (χ2n) is 8.93. The molecule has 1 amide bonds. The summed E-state index contributed by atoms with van der Waals surface area (Å²) in [6, 6.07) is 7.03. The fourth-order valence-corrected chi connectivity index (χ4v) is 5.89. The molecule has 2 bridgehead atoms. The third-order valence-corrected chi connectivity index (χ3v) is 8.06. The molecule has 182 valence electrons. The smallest absolute Gasteiger partial charge is 0.290 e. The van der Waals surface area contributed by atoms with Gasteiger partial charge in [0.25, 0.3) is 5.91 Å². The lowest BCUT2D eigenvalue weighted by Crippen LogP contribution is -2.77. The summed E-state index contributed by atoms with van der Waals surface area (Å²) in [5.74, 6) is -3.53. The molecule has 6 nitrogen and oxygen atoms in total. The number of fused-ring (bicyclic) bond motifs is 2.